The number of hydrogen-bond donors (Lipinski definition) is 0. The Bertz CT molecular complexity index is 728. The summed E-state index contributed by atoms with van der Waals surface area (Å²) in [6.45, 7) is 0. The second-order valence-electron chi connectivity index (χ2n) is 8.84. The second-order valence-corrected chi connectivity index (χ2v) is 8.84. The number of rotatable bonds is 3. The van der Waals surface area contributed by atoms with Gasteiger partial charge in [-0.3, -0.25) is 0 Å². The molecule has 4 aliphatic carbocycles. The summed E-state index contributed by atoms with van der Waals surface area (Å²) in [5.41, 5.74) is 2.19. The van der Waals surface area contributed by atoms with Crippen molar-refractivity contribution in [2.75, 3.05) is 7.11 Å². The highest BCUT2D eigenvalue weighted by molar-refractivity contribution is 5.91. The molecule has 4 bridgehead atoms. The second kappa shape index (κ2) is 6.00. The highest BCUT2D eigenvalue weighted by Crippen LogP contribution is 2.59. The molecule has 4 saturated carbocycles. The van der Waals surface area contributed by atoms with Crippen LogP contribution < -0.4 is 0 Å². The molecule has 1 aromatic carbocycles. The van der Waals surface area contributed by atoms with Crippen molar-refractivity contribution >= 4 is 5.97 Å². The molecule has 1 aliphatic heterocycles. The van der Waals surface area contributed by atoms with Crippen molar-refractivity contribution in [3.63, 3.8) is 0 Å². The maximum absolute atomic E-state index is 12.2. The lowest BCUT2D eigenvalue weighted by molar-refractivity contribution is -0.136. The number of benzene rings is 1. The van der Waals surface area contributed by atoms with Gasteiger partial charge in [0, 0.05) is 11.7 Å². The molecule has 1 unspecified atom stereocenters. The summed E-state index contributed by atoms with van der Waals surface area (Å²) in [4.78, 5) is 14.8. The van der Waals surface area contributed by atoms with Crippen LogP contribution in [0.1, 0.15) is 50.1 Å². The van der Waals surface area contributed by atoms with Crippen LogP contribution in [-0.2, 0) is 9.53 Å². The maximum Gasteiger partial charge on any atom is 0.339 e. The van der Waals surface area contributed by atoms with E-state index in [2.05, 4.69) is 47.5 Å². The Morgan fingerprint density at radius 1 is 1.04 bits per heavy atom. The third-order valence-electron chi connectivity index (χ3n) is 7.15. The number of carbonyl (C=O) groups is 1. The van der Waals surface area contributed by atoms with Gasteiger partial charge < -0.3 is 9.64 Å². The molecule has 1 aromatic rings. The molecule has 136 valence electrons. The highest BCUT2D eigenvalue weighted by Gasteiger charge is 2.54. The van der Waals surface area contributed by atoms with E-state index in [0.29, 0.717) is 5.57 Å². The molecule has 4 fully saturated rings. The van der Waals surface area contributed by atoms with Crippen LogP contribution in [0.25, 0.3) is 0 Å². The van der Waals surface area contributed by atoms with Crippen LogP contribution in [0.3, 0.4) is 0 Å². The summed E-state index contributed by atoms with van der Waals surface area (Å²) in [6.07, 6.45) is 14.4. The molecule has 26 heavy (non-hydrogen) atoms. The summed E-state index contributed by atoms with van der Waals surface area (Å²) in [7, 11) is 1.47. The Kier molecular flexibility index (Phi) is 3.73. The van der Waals surface area contributed by atoms with Gasteiger partial charge in [0.2, 0.25) is 0 Å². The predicted octanol–water partition coefficient (Wildman–Crippen LogP) is 4.63. The first kappa shape index (κ1) is 16.2. The molecule has 3 heteroatoms. The van der Waals surface area contributed by atoms with Crippen molar-refractivity contribution in [1.82, 2.24) is 4.90 Å². The van der Waals surface area contributed by atoms with E-state index in [-0.39, 0.29) is 17.6 Å². The fourth-order valence-corrected chi connectivity index (χ4v) is 6.53. The third kappa shape index (κ3) is 2.52. The van der Waals surface area contributed by atoms with E-state index in [9.17, 15) is 4.79 Å². The summed E-state index contributed by atoms with van der Waals surface area (Å²) in [5.74, 6) is 2.39. The first-order valence-electron chi connectivity index (χ1n) is 9.98. The third-order valence-corrected chi connectivity index (χ3v) is 7.15. The molecule has 3 nitrogen and oxygen atoms in total. The van der Waals surface area contributed by atoms with Crippen LogP contribution in [0.4, 0.5) is 0 Å². The Labute approximate surface area is 155 Å². The van der Waals surface area contributed by atoms with E-state index in [0.717, 1.165) is 17.8 Å². The lowest BCUT2D eigenvalue weighted by atomic mass is 9.52. The van der Waals surface area contributed by atoms with Gasteiger partial charge in [-0.25, -0.2) is 4.79 Å². The monoisotopic (exact) mass is 349 g/mol. The summed E-state index contributed by atoms with van der Waals surface area (Å²) < 4.78 is 5.01. The van der Waals surface area contributed by atoms with Crippen molar-refractivity contribution in [2.24, 2.45) is 17.8 Å². The molecule has 0 N–H and O–H groups in total. The molecule has 0 spiro atoms. The maximum atomic E-state index is 12.2. The molecule has 6 rings (SSSR count). The number of hydrogen-bond acceptors (Lipinski definition) is 3. The Balaban J connectivity index is 1.56. The molecular weight excluding hydrogens is 322 g/mol. The SMILES string of the molecule is COC(=O)C1=CN(C23CC4CC(CC(C4)C2)C3)C(c2ccccc2)C=C1. The number of methoxy groups -OCH3 is 1. The predicted molar refractivity (Wildman–Crippen MR) is 101 cm³/mol. The van der Waals surface area contributed by atoms with Crippen LogP contribution in [0.5, 0.6) is 0 Å². The van der Waals surface area contributed by atoms with Gasteiger partial charge in [-0.1, -0.05) is 36.4 Å². The lowest BCUT2D eigenvalue weighted by Crippen LogP contribution is -2.59. The fraction of sp³-hybridized carbons (Fsp3) is 0.522. The van der Waals surface area contributed by atoms with Gasteiger partial charge in [0.1, 0.15) is 0 Å². The van der Waals surface area contributed by atoms with Gasteiger partial charge in [-0.05, 0) is 67.9 Å². The molecule has 5 aliphatic rings. The Morgan fingerprint density at radius 3 is 2.23 bits per heavy atom. The zero-order chi connectivity index (χ0) is 17.7. The average Bonchev–Trinajstić information content (AvgIpc) is 2.66. The summed E-state index contributed by atoms with van der Waals surface area (Å²) in [5, 5.41) is 0. The van der Waals surface area contributed by atoms with Crippen molar-refractivity contribution in [1.29, 1.82) is 0 Å². The minimum atomic E-state index is -0.234. The van der Waals surface area contributed by atoms with E-state index in [1.54, 1.807) is 0 Å². The molecule has 1 atom stereocenters. The van der Waals surface area contributed by atoms with Crippen LogP contribution in [0.2, 0.25) is 0 Å². The Morgan fingerprint density at radius 2 is 1.65 bits per heavy atom. The van der Waals surface area contributed by atoms with Gasteiger partial charge in [-0.15, -0.1) is 0 Å². The van der Waals surface area contributed by atoms with E-state index in [1.807, 2.05) is 6.08 Å². The molecule has 1 heterocycles. The van der Waals surface area contributed by atoms with Crippen LogP contribution in [0.15, 0.2) is 54.3 Å². The fourth-order valence-electron chi connectivity index (χ4n) is 6.53. The van der Waals surface area contributed by atoms with Crippen molar-refractivity contribution in [3.8, 4) is 0 Å². The van der Waals surface area contributed by atoms with Crippen molar-refractivity contribution in [2.45, 2.75) is 50.1 Å². The molecular formula is C23H27NO2. The van der Waals surface area contributed by atoms with Gasteiger partial charge in [0.05, 0.1) is 18.7 Å². The minimum Gasteiger partial charge on any atom is -0.465 e. The van der Waals surface area contributed by atoms with Gasteiger partial charge in [0.25, 0.3) is 0 Å². The van der Waals surface area contributed by atoms with E-state index >= 15 is 0 Å². The van der Waals surface area contributed by atoms with E-state index in [1.165, 1.54) is 51.2 Å². The zero-order valence-electron chi connectivity index (χ0n) is 15.4. The normalized spacial score (nSPS) is 37.6. The largest absolute Gasteiger partial charge is 0.465 e. The first-order chi connectivity index (χ1) is 12.7. The van der Waals surface area contributed by atoms with Crippen LogP contribution >= 0.6 is 0 Å². The minimum absolute atomic E-state index is 0.208. The van der Waals surface area contributed by atoms with Crippen molar-refractivity contribution < 1.29 is 9.53 Å². The van der Waals surface area contributed by atoms with Gasteiger partial charge >= 0.3 is 5.97 Å². The standard InChI is InChI=1S/C23H27NO2/c1-26-22(25)20-7-8-21(19-5-3-2-4-6-19)24(15-20)23-12-16-9-17(13-23)11-18(10-16)14-23/h2-8,15-18,21H,9-14H2,1H3. The van der Waals surface area contributed by atoms with E-state index < -0.39 is 0 Å². The van der Waals surface area contributed by atoms with Crippen LogP contribution in [-0.4, -0.2) is 23.5 Å². The Hall–Kier alpha value is -2.03. The number of esters is 1. The molecule has 0 amide bonds. The van der Waals surface area contributed by atoms with Gasteiger partial charge in [-0.2, -0.15) is 0 Å². The lowest BCUT2D eigenvalue weighted by Gasteiger charge is -2.62. The van der Waals surface area contributed by atoms with Crippen LogP contribution in [0, 0.1) is 17.8 Å². The topological polar surface area (TPSA) is 29.5 Å². The van der Waals surface area contributed by atoms with Gasteiger partial charge in [0.15, 0.2) is 0 Å². The average molecular weight is 349 g/mol. The van der Waals surface area contributed by atoms with Crippen molar-refractivity contribution in [3.05, 3.63) is 59.8 Å². The number of carbonyl (C=O) groups excluding carboxylic acids is 1. The number of ether oxygens (including phenoxy) is 1. The smallest absolute Gasteiger partial charge is 0.339 e. The first-order valence-corrected chi connectivity index (χ1v) is 9.98. The number of nitrogens with zero attached hydrogens (tertiary/aromatic N) is 1. The quantitative estimate of drug-likeness (QED) is 0.746. The molecule has 0 saturated heterocycles. The summed E-state index contributed by atoms with van der Waals surface area (Å²) in [6, 6.07) is 10.9. The van der Waals surface area contributed by atoms with E-state index in [4.69, 9.17) is 4.74 Å². The zero-order valence-corrected chi connectivity index (χ0v) is 15.4. The summed E-state index contributed by atoms with van der Waals surface area (Å²) >= 11 is 0. The highest BCUT2D eigenvalue weighted by atomic mass is 16.5. The molecule has 0 aromatic heterocycles. The molecule has 0 radical (unpaired) electrons.